The summed E-state index contributed by atoms with van der Waals surface area (Å²) in [5.41, 5.74) is 1.86. The van der Waals surface area contributed by atoms with Gasteiger partial charge in [-0.15, -0.1) is 0 Å². The monoisotopic (exact) mass is 487 g/mol. The van der Waals surface area contributed by atoms with E-state index in [1.54, 1.807) is 33.5 Å². The lowest BCUT2D eigenvalue weighted by atomic mass is 9.75. The molecule has 7 nitrogen and oxygen atoms in total. The van der Waals surface area contributed by atoms with E-state index in [1.807, 2.05) is 23.1 Å². The molecule has 1 aromatic heterocycles. The van der Waals surface area contributed by atoms with Crippen LogP contribution in [0.5, 0.6) is 0 Å². The van der Waals surface area contributed by atoms with Crippen molar-refractivity contribution in [3.63, 3.8) is 0 Å². The van der Waals surface area contributed by atoms with Crippen molar-refractivity contribution < 1.29 is 14.3 Å². The first-order chi connectivity index (χ1) is 16.4. The van der Waals surface area contributed by atoms with Crippen molar-refractivity contribution in [2.24, 2.45) is 13.0 Å². The van der Waals surface area contributed by atoms with Crippen molar-refractivity contribution in [1.29, 1.82) is 0 Å². The molecule has 2 aliphatic rings. The van der Waals surface area contributed by atoms with Crippen LogP contribution in [0.15, 0.2) is 41.3 Å². The number of halogens is 1. The van der Waals surface area contributed by atoms with Gasteiger partial charge in [-0.3, -0.25) is 9.59 Å². The third-order valence-electron chi connectivity index (χ3n) is 7.16. The topological polar surface area (TPSA) is 72.8 Å². The van der Waals surface area contributed by atoms with E-state index in [1.165, 1.54) is 4.57 Å². The van der Waals surface area contributed by atoms with E-state index < -0.39 is 11.5 Å². The molecule has 0 bridgehead atoms. The Morgan fingerprint density at radius 1 is 1.26 bits per heavy atom. The minimum Gasteiger partial charge on any atom is -0.384 e. The number of aromatic nitrogens is 1. The number of methoxy groups -OCH3 is 2. The van der Waals surface area contributed by atoms with Crippen molar-refractivity contribution in [3.05, 3.63) is 68.6 Å². The van der Waals surface area contributed by atoms with E-state index in [-0.39, 0.29) is 17.5 Å². The lowest BCUT2D eigenvalue weighted by molar-refractivity contribution is -0.155. The molecule has 34 heavy (non-hydrogen) atoms. The molecule has 2 heterocycles. The average molecular weight is 488 g/mol. The molecule has 4 rings (SSSR count). The Labute approximate surface area is 206 Å². The lowest BCUT2D eigenvalue weighted by Crippen LogP contribution is -2.56. The fourth-order valence-electron chi connectivity index (χ4n) is 4.95. The first-order valence-electron chi connectivity index (χ1n) is 11.9. The largest absolute Gasteiger partial charge is 0.384 e. The van der Waals surface area contributed by atoms with Crippen LogP contribution >= 0.6 is 11.6 Å². The van der Waals surface area contributed by atoms with Gasteiger partial charge in [0.25, 0.3) is 5.56 Å². The van der Waals surface area contributed by atoms with Gasteiger partial charge in [0.05, 0.1) is 12.5 Å². The Morgan fingerprint density at radius 2 is 2.06 bits per heavy atom. The van der Waals surface area contributed by atoms with Gasteiger partial charge < -0.3 is 24.3 Å². The number of ether oxygens (including phenoxy) is 2. The summed E-state index contributed by atoms with van der Waals surface area (Å²) in [5.74, 6) is -0.412. The summed E-state index contributed by atoms with van der Waals surface area (Å²) in [6.45, 7) is 2.29. The van der Waals surface area contributed by atoms with E-state index in [0.29, 0.717) is 37.7 Å². The molecule has 1 aliphatic carbocycles. The fraction of sp³-hybridized carbons (Fsp3) is 0.538. The summed E-state index contributed by atoms with van der Waals surface area (Å²) in [6.07, 6.45) is 5.11. The summed E-state index contributed by atoms with van der Waals surface area (Å²) in [7, 11) is 5.05. The molecule has 0 spiro atoms. The first kappa shape index (κ1) is 24.9. The van der Waals surface area contributed by atoms with Crippen LogP contribution in [0.2, 0.25) is 5.02 Å². The summed E-state index contributed by atoms with van der Waals surface area (Å²) in [5, 5.41) is 4.03. The number of hydrogen-bond acceptors (Lipinski definition) is 5. The second-order valence-corrected chi connectivity index (χ2v) is 9.74. The maximum atomic E-state index is 14.1. The predicted molar refractivity (Wildman–Crippen MR) is 132 cm³/mol. The highest BCUT2D eigenvalue weighted by Crippen LogP contribution is 2.41. The first-order valence-corrected chi connectivity index (χ1v) is 12.3. The quantitative estimate of drug-likeness (QED) is 0.589. The number of amides is 1. The number of benzene rings is 1. The van der Waals surface area contributed by atoms with Gasteiger partial charge in [-0.25, -0.2) is 0 Å². The smallest absolute Gasteiger partial charge is 0.250 e. The molecule has 0 unspecified atom stereocenters. The van der Waals surface area contributed by atoms with Crippen LogP contribution < -0.4 is 10.9 Å². The van der Waals surface area contributed by atoms with E-state index in [9.17, 15) is 9.59 Å². The second kappa shape index (κ2) is 10.6. The minimum atomic E-state index is -0.854. The van der Waals surface area contributed by atoms with Crippen LogP contribution in [-0.4, -0.2) is 55.3 Å². The average Bonchev–Trinajstić information content (AvgIpc) is 3.69. The molecule has 2 fully saturated rings. The molecule has 8 heteroatoms. The Bertz CT molecular complexity index is 1080. The van der Waals surface area contributed by atoms with Gasteiger partial charge in [-0.05, 0) is 61.1 Å². The zero-order chi connectivity index (χ0) is 24.3. The van der Waals surface area contributed by atoms with Crippen molar-refractivity contribution in [2.75, 3.05) is 33.9 Å². The maximum Gasteiger partial charge on any atom is 0.250 e. The third kappa shape index (κ3) is 5.08. The molecular formula is C26H34ClN3O4. The molecule has 1 aromatic carbocycles. The Hall–Kier alpha value is -2.19. The predicted octanol–water partition coefficient (Wildman–Crippen LogP) is 2.87. The van der Waals surface area contributed by atoms with Gasteiger partial charge in [-0.1, -0.05) is 23.7 Å². The number of carbonyl (C=O) groups is 1. The molecule has 2 aromatic rings. The van der Waals surface area contributed by atoms with Crippen molar-refractivity contribution in [1.82, 2.24) is 14.8 Å². The molecular weight excluding hydrogens is 454 g/mol. The molecule has 2 atom stereocenters. The summed E-state index contributed by atoms with van der Waals surface area (Å²) in [4.78, 5) is 28.5. The second-order valence-electron chi connectivity index (χ2n) is 9.33. The number of rotatable bonds is 9. The SMILES string of the molecule is COCCc1ccc(Cl)c(CN(C(=O)[C@H]2CNCC[C@]2(OC)c2ccn(C)c(=O)c2)C2CC2)c1. The Morgan fingerprint density at radius 3 is 2.74 bits per heavy atom. The number of piperidine rings is 1. The van der Waals surface area contributed by atoms with E-state index in [2.05, 4.69) is 11.4 Å². The number of nitrogens with one attached hydrogen (secondary N) is 1. The molecule has 184 valence electrons. The van der Waals surface area contributed by atoms with Crippen LogP contribution in [0.4, 0.5) is 0 Å². The molecule has 1 aliphatic heterocycles. The number of hydrogen-bond donors (Lipinski definition) is 1. The van der Waals surface area contributed by atoms with E-state index >= 15 is 0 Å². The molecule has 1 saturated carbocycles. The van der Waals surface area contributed by atoms with Crippen LogP contribution in [-0.2, 0) is 39.9 Å². The molecule has 1 saturated heterocycles. The van der Waals surface area contributed by atoms with Crippen LogP contribution in [0.25, 0.3) is 0 Å². The zero-order valence-corrected chi connectivity index (χ0v) is 20.9. The zero-order valence-electron chi connectivity index (χ0n) is 20.2. The highest BCUT2D eigenvalue weighted by atomic mass is 35.5. The summed E-state index contributed by atoms with van der Waals surface area (Å²) >= 11 is 6.56. The van der Waals surface area contributed by atoms with Crippen LogP contribution in [0.1, 0.15) is 36.0 Å². The van der Waals surface area contributed by atoms with Gasteiger partial charge in [0.1, 0.15) is 5.60 Å². The van der Waals surface area contributed by atoms with Gasteiger partial charge >= 0.3 is 0 Å². The number of aryl methyl sites for hydroxylation is 1. The van der Waals surface area contributed by atoms with Gasteiger partial charge in [0, 0.05) is 57.7 Å². The van der Waals surface area contributed by atoms with Gasteiger partial charge in [0.2, 0.25) is 5.91 Å². The normalized spacial score (nSPS) is 22.5. The third-order valence-corrected chi connectivity index (χ3v) is 7.52. The highest BCUT2D eigenvalue weighted by Gasteiger charge is 2.49. The van der Waals surface area contributed by atoms with Gasteiger partial charge in [0.15, 0.2) is 0 Å². The summed E-state index contributed by atoms with van der Waals surface area (Å²) in [6, 6.07) is 9.68. The highest BCUT2D eigenvalue weighted by molar-refractivity contribution is 6.31. The molecule has 1 amide bonds. The van der Waals surface area contributed by atoms with Crippen molar-refractivity contribution in [3.8, 4) is 0 Å². The maximum absolute atomic E-state index is 14.1. The van der Waals surface area contributed by atoms with Crippen molar-refractivity contribution >= 4 is 17.5 Å². The van der Waals surface area contributed by atoms with E-state index in [0.717, 1.165) is 36.0 Å². The van der Waals surface area contributed by atoms with Gasteiger partial charge in [-0.2, -0.15) is 0 Å². The minimum absolute atomic E-state index is 0.0376. The molecule has 1 N–H and O–H groups in total. The fourth-order valence-corrected chi connectivity index (χ4v) is 5.12. The summed E-state index contributed by atoms with van der Waals surface area (Å²) < 4.78 is 12.8. The number of carbonyl (C=O) groups excluding carboxylic acids is 1. The lowest BCUT2D eigenvalue weighted by Gasteiger charge is -2.44. The van der Waals surface area contributed by atoms with Crippen molar-refractivity contribution in [2.45, 2.75) is 43.9 Å². The standard InChI is InChI=1S/C26H34ClN3O4/c1-29-12-8-20(15-24(29)31)26(34-3)10-11-28-16-22(26)25(32)30(21-5-6-21)17-19-14-18(9-13-33-2)4-7-23(19)27/h4,7-8,12,14-15,21-22,28H,5-6,9-11,13,16-17H2,1-3H3/t22-,26+/m1/s1. The Kier molecular flexibility index (Phi) is 7.77. The molecule has 0 radical (unpaired) electrons. The Balaban J connectivity index is 1.65. The number of pyridine rings is 1. The van der Waals surface area contributed by atoms with E-state index in [4.69, 9.17) is 21.1 Å². The van der Waals surface area contributed by atoms with Crippen LogP contribution in [0.3, 0.4) is 0 Å². The number of nitrogens with zero attached hydrogens (tertiary/aromatic N) is 2. The van der Waals surface area contributed by atoms with Crippen LogP contribution in [0, 0.1) is 5.92 Å².